The Bertz CT molecular complexity index is 110. The average molecular weight is 220 g/mol. The molecule has 66 valence electrons. The maximum absolute atomic E-state index is 3.56. The Morgan fingerprint density at radius 2 is 2.18 bits per heavy atom. The molecular weight excluding hydrogens is 202 g/mol. The van der Waals surface area contributed by atoms with Gasteiger partial charge in [-0.05, 0) is 25.8 Å². The normalized spacial score (nSPS) is 21.8. The Morgan fingerprint density at radius 3 is 2.55 bits per heavy atom. The second-order valence-corrected chi connectivity index (χ2v) is 5.36. The lowest BCUT2D eigenvalue weighted by Crippen LogP contribution is -2.32. The quantitative estimate of drug-likeness (QED) is 0.658. The van der Waals surface area contributed by atoms with Crippen LogP contribution < -0.4 is 0 Å². The third kappa shape index (κ3) is 3.57. The van der Waals surface area contributed by atoms with Gasteiger partial charge in [0.05, 0.1) is 0 Å². The van der Waals surface area contributed by atoms with Crippen LogP contribution in [0.1, 0.15) is 26.2 Å². The van der Waals surface area contributed by atoms with Crippen LogP contribution in [0.25, 0.3) is 0 Å². The third-order valence-corrected chi connectivity index (χ3v) is 2.65. The number of hydrogen-bond acceptors (Lipinski definition) is 1. The minimum Gasteiger partial charge on any atom is -0.305 e. The molecule has 1 aliphatic carbocycles. The molecule has 11 heavy (non-hydrogen) atoms. The van der Waals surface area contributed by atoms with Crippen LogP contribution in [-0.4, -0.2) is 29.9 Å². The van der Waals surface area contributed by atoms with Crippen molar-refractivity contribution >= 4 is 15.9 Å². The molecule has 0 aromatic rings. The molecule has 0 spiro atoms. The summed E-state index contributed by atoms with van der Waals surface area (Å²) in [7, 11) is 2.22. The van der Waals surface area contributed by atoms with Crippen molar-refractivity contribution in [3.63, 3.8) is 0 Å². The van der Waals surface area contributed by atoms with Crippen molar-refractivity contribution in [2.75, 3.05) is 20.1 Å². The fourth-order valence-electron chi connectivity index (χ4n) is 1.62. The summed E-state index contributed by atoms with van der Waals surface area (Å²) in [6.45, 7) is 4.68. The summed E-state index contributed by atoms with van der Waals surface area (Å²) in [5.74, 6) is 1.01. The van der Waals surface area contributed by atoms with Crippen LogP contribution in [0.5, 0.6) is 0 Å². The molecule has 0 amide bonds. The molecule has 0 radical (unpaired) electrons. The van der Waals surface area contributed by atoms with Gasteiger partial charge in [0.25, 0.3) is 0 Å². The van der Waals surface area contributed by atoms with Crippen LogP contribution in [0.15, 0.2) is 0 Å². The Morgan fingerprint density at radius 1 is 1.55 bits per heavy atom. The molecule has 0 saturated heterocycles. The number of hydrogen-bond donors (Lipinski definition) is 0. The first-order valence-electron chi connectivity index (χ1n) is 4.51. The first kappa shape index (κ1) is 9.53. The first-order chi connectivity index (χ1) is 5.18. The Hall–Kier alpha value is 0.440. The van der Waals surface area contributed by atoms with Crippen molar-refractivity contribution in [2.45, 2.75) is 31.0 Å². The minimum absolute atomic E-state index is 0.632. The van der Waals surface area contributed by atoms with E-state index in [1.807, 2.05) is 0 Å². The number of nitrogens with zero attached hydrogens (tertiary/aromatic N) is 1. The predicted molar refractivity (Wildman–Crippen MR) is 53.2 cm³/mol. The van der Waals surface area contributed by atoms with Crippen molar-refractivity contribution in [1.82, 2.24) is 4.90 Å². The third-order valence-electron chi connectivity index (χ3n) is 2.36. The zero-order valence-electron chi connectivity index (χ0n) is 7.52. The van der Waals surface area contributed by atoms with Crippen molar-refractivity contribution in [2.24, 2.45) is 5.92 Å². The molecule has 1 fully saturated rings. The number of rotatable bonds is 4. The molecule has 1 unspecified atom stereocenters. The summed E-state index contributed by atoms with van der Waals surface area (Å²) < 4.78 is 0. The highest BCUT2D eigenvalue weighted by molar-refractivity contribution is 9.09. The molecule has 1 rings (SSSR count). The molecular formula is C9H18BrN. The van der Waals surface area contributed by atoms with E-state index in [1.165, 1.54) is 32.4 Å². The van der Waals surface area contributed by atoms with Crippen LogP contribution >= 0.6 is 15.9 Å². The predicted octanol–water partition coefficient (Wildman–Crippen LogP) is 2.50. The topological polar surface area (TPSA) is 3.24 Å². The number of halogens is 1. The molecule has 0 heterocycles. The van der Waals surface area contributed by atoms with E-state index in [-0.39, 0.29) is 0 Å². The van der Waals surface area contributed by atoms with Crippen LogP contribution in [0, 0.1) is 5.92 Å². The van der Waals surface area contributed by atoms with Crippen molar-refractivity contribution < 1.29 is 0 Å². The van der Waals surface area contributed by atoms with E-state index in [1.54, 1.807) is 0 Å². The molecule has 0 aromatic carbocycles. The summed E-state index contributed by atoms with van der Waals surface area (Å²) in [6.07, 6.45) is 4.38. The lowest BCUT2D eigenvalue weighted by atomic mass is 9.85. The van der Waals surface area contributed by atoms with E-state index in [2.05, 4.69) is 34.8 Å². The summed E-state index contributed by atoms with van der Waals surface area (Å²) in [5, 5.41) is 0. The highest BCUT2D eigenvalue weighted by atomic mass is 79.9. The van der Waals surface area contributed by atoms with Crippen LogP contribution in [0.3, 0.4) is 0 Å². The molecule has 1 aliphatic rings. The number of alkyl halides is 1. The second-order valence-electron chi connectivity index (χ2n) is 3.80. The maximum atomic E-state index is 3.56. The molecule has 0 N–H and O–H groups in total. The molecule has 0 aliphatic heterocycles. The molecule has 1 atom stereocenters. The van der Waals surface area contributed by atoms with Crippen LogP contribution in [0.4, 0.5) is 0 Å². The zero-order valence-corrected chi connectivity index (χ0v) is 9.10. The van der Waals surface area contributed by atoms with Crippen molar-refractivity contribution in [1.29, 1.82) is 0 Å². The van der Waals surface area contributed by atoms with Crippen LogP contribution in [0.2, 0.25) is 0 Å². The van der Waals surface area contributed by atoms with Gasteiger partial charge >= 0.3 is 0 Å². The highest BCUT2D eigenvalue weighted by Gasteiger charge is 2.19. The summed E-state index contributed by atoms with van der Waals surface area (Å²) in [4.78, 5) is 3.07. The molecule has 2 heteroatoms. The standard InChI is InChI=1S/C9H18BrN/c1-8(10)6-11(2)7-9-4-3-5-9/h8-9H,3-7H2,1-2H3. The highest BCUT2D eigenvalue weighted by Crippen LogP contribution is 2.26. The Labute approximate surface area is 78.3 Å². The van der Waals surface area contributed by atoms with E-state index in [0.29, 0.717) is 4.83 Å². The Balaban J connectivity index is 2.04. The van der Waals surface area contributed by atoms with Crippen molar-refractivity contribution in [3.05, 3.63) is 0 Å². The van der Waals surface area contributed by atoms with Gasteiger partial charge in [-0.15, -0.1) is 0 Å². The van der Waals surface area contributed by atoms with E-state index in [9.17, 15) is 0 Å². The SMILES string of the molecule is CC(Br)CN(C)CC1CCC1. The van der Waals surface area contributed by atoms with Gasteiger partial charge in [-0.1, -0.05) is 29.3 Å². The molecule has 0 aromatic heterocycles. The largest absolute Gasteiger partial charge is 0.305 e. The molecule has 1 nitrogen and oxygen atoms in total. The minimum atomic E-state index is 0.632. The summed E-state index contributed by atoms with van der Waals surface area (Å²) >= 11 is 3.56. The van der Waals surface area contributed by atoms with Crippen LogP contribution in [-0.2, 0) is 0 Å². The van der Waals surface area contributed by atoms with E-state index < -0.39 is 0 Å². The lowest BCUT2D eigenvalue weighted by molar-refractivity contribution is 0.207. The molecule has 0 bridgehead atoms. The summed E-state index contributed by atoms with van der Waals surface area (Å²) in [6, 6.07) is 0. The van der Waals surface area contributed by atoms with Gasteiger partial charge in [-0.3, -0.25) is 0 Å². The zero-order chi connectivity index (χ0) is 8.27. The first-order valence-corrected chi connectivity index (χ1v) is 5.42. The van der Waals surface area contributed by atoms with Gasteiger partial charge < -0.3 is 4.90 Å². The van der Waals surface area contributed by atoms with E-state index in [4.69, 9.17) is 0 Å². The van der Waals surface area contributed by atoms with Gasteiger partial charge in [0.1, 0.15) is 0 Å². The average Bonchev–Trinajstić information content (AvgIpc) is 1.77. The van der Waals surface area contributed by atoms with Gasteiger partial charge in [0.15, 0.2) is 0 Å². The summed E-state index contributed by atoms with van der Waals surface area (Å²) in [5.41, 5.74) is 0. The van der Waals surface area contributed by atoms with Gasteiger partial charge in [-0.25, -0.2) is 0 Å². The lowest BCUT2D eigenvalue weighted by Gasteiger charge is -2.30. The van der Waals surface area contributed by atoms with Crippen molar-refractivity contribution in [3.8, 4) is 0 Å². The smallest absolute Gasteiger partial charge is 0.0244 e. The van der Waals surface area contributed by atoms with Gasteiger partial charge in [-0.2, -0.15) is 0 Å². The fourth-order valence-corrected chi connectivity index (χ4v) is 2.11. The van der Waals surface area contributed by atoms with E-state index in [0.717, 1.165) is 5.92 Å². The van der Waals surface area contributed by atoms with Gasteiger partial charge in [0, 0.05) is 17.9 Å². The monoisotopic (exact) mass is 219 g/mol. The maximum Gasteiger partial charge on any atom is 0.0244 e. The Kier molecular flexibility index (Phi) is 3.86. The fraction of sp³-hybridized carbons (Fsp3) is 1.00. The van der Waals surface area contributed by atoms with Gasteiger partial charge in [0.2, 0.25) is 0 Å². The molecule has 1 saturated carbocycles. The van der Waals surface area contributed by atoms with E-state index >= 15 is 0 Å². The second kappa shape index (κ2) is 4.46.